The van der Waals surface area contributed by atoms with Crippen molar-refractivity contribution >= 4 is 5.91 Å². The predicted octanol–water partition coefficient (Wildman–Crippen LogP) is 1.76. The summed E-state index contributed by atoms with van der Waals surface area (Å²) in [7, 11) is 0. The first-order valence-electron chi connectivity index (χ1n) is 10.3. The summed E-state index contributed by atoms with van der Waals surface area (Å²) in [6.45, 7) is 6.80. The molecule has 0 saturated carbocycles. The quantitative estimate of drug-likeness (QED) is 0.796. The number of hydrogen-bond acceptors (Lipinski definition) is 5. The third-order valence-electron chi connectivity index (χ3n) is 6.14. The molecule has 0 spiro atoms. The van der Waals surface area contributed by atoms with Gasteiger partial charge in [0.05, 0.1) is 6.04 Å². The number of carbonyl (C=O) groups is 1. The number of nitrogens with zero attached hydrogens (tertiary/aromatic N) is 4. The van der Waals surface area contributed by atoms with Crippen molar-refractivity contribution in [2.24, 2.45) is 0 Å². The second-order valence-electron chi connectivity index (χ2n) is 8.07. The molecule has 7 nitrogen and oxygen atoms in total. The molecule has 2 saturated heterocycles. The Balaban J connectivity index is 1.22. The highest BCUT2D eigenvalue weighted by atomic mass is 16.2. The van der Waals surface area contributed by atoms with E-state index >= 15 is 0 Å². The number of aromatic amines is 1. The van der Waals surface area contributed by atoms with Gasteiger partial charge in [-0.1, -0.05) is 30.3 Å². The molecular weight excluding hydrogens is 352 g/mol. The number of benzene rings is 1. The first-order valence-corrected chi connectivity index (χ1v) is 10.3. The van der Waals surface area contributed by atoms with Crippen molar-refractivity contribution in [3.05, 3.63) is 48.0 Å². The minimum Gasteiger partial charge on any atom is -0.351 e. The van der Waals surface area contributed by atoms with Crippen molar-refractivity contribution in [3.8, 4) is 0 Å². The van der Waals surface area contributed by atoms with E-state index in [9.17, 15) is 4.79 Å². The van der Waals surface area contributed by atoms with Gasteiger partial charge < -0.3 is 5.32 Å². The van der Waals surface area contributed by atoms with Crippen LogP contribution in [0, 0.1) is 0 Å². The van der Waals surface area contributed by atoms with E-state index in [0.29, 0.717) is 5.92 Å². The minimum absolute atomic E-state index is 0.0844. The third-order valence-corrected chi connectivity index (χ3v) is 6.14. The van der Waals surface area contributed by atoms with Crippen LogP contribution in [0.2, 0.25) is 0 Å². The molecule has 3 heterocycles. The van der Waals surface area contributed by atoms with Crippen molar-refractivity contribution < 1.29 is 4.79 Å². The van der Waals surface area contributed by atoms with Crippen LogP contribution in [-0.4, -0.2) is 69.2 Å². The number of amides is 1. The van der Waals surface area contributed by atoms with Crippen molar-refractivity contribution in [1.29, 1.82) is 0 Å². The summed E-state index contributed by atoms with van der Waals surface area (Å²) in [6.07, 6.45) is 4.63. The molecule has 1 amide bonds. The summed E-state index contributed by atoms with van der Waals surface area (Å²) in [5, 5.41) is 10.2. The normalized spacial score (nSPS) is 23.0. The van der Waals surface area contributed by atoms with Crippen LogP contribution in [0.25, 0.3) is 0 Å². The van der Waals surface area contributed by atoms with Crippen molar-refractivity contribution in [2.75, 3.05) is 26.2 Å². The topological polar surface area (TPSA) is 77.2 Å². The molecule has 2 atom stereocenters. The maximum Gasteiger partial charge on any atom is 0.237 e. The SMILES string of the molecule is CC(C(=O)NC1CCN(Cc2ccccc2)C1)N1CCC(c2ncn[nH]2)CC1. The van der Waals surface area contributed by atoms with Crippen LogP contribution in [0.15, 0.2) is 36.7 Å². The number of aromatic nitrogens is 3. The van der Waals surface area contributed by atoms with Gasteiger partial charge in [-0.15, -0.1) is 0 Å². The molecule has 7 heteroatoms. The minimum atomic E-state index is -0.0844. The van der Waals surface area contributed by atoms with E-state index in [-0.39, 0.29) is 18.0 Å². The summed E-state index contributed by atoms with van der Waals surface area (Å²) in [4.78, 5) is 21.8. The molecule has 0 bridgehead atoms. The lowest BCUT2D eigenvalue weighted by Crippen LogP contribution is -2.50. The average Bonchev–Trinajstić information content (AvgIpc) is 3.41. The van der Waals surface area contributed by atoms with Gasteiger partial charge in [0.25, 0.3) is 0 Å². The van der Waals surface area contributed by atoms with Crippen LogP contribution in [0.4, 0.5) is 0 Å². The highest BCUT2D eigenvalue weighted by Gasteiger charge is 2.30. The van der Waals surface area contributed by atoms with Crippen LogP contribution < -0.4 is 5.32 Å². The number of rotatable bonds is 6. The van der Waals surface area contributed by atoms with Gasteiger partial charge in [0.1, 0.15) is 12.2 Å². The monoisotopic (exact) mass is 382 g/mol. The van der Waals surface area contributed by atoms with E-state index in [1.807, 2.05) is 13.0 Å². The predicted molar refractivity (Wildman–Crippen MR) is 108 cm³/mol. The van der Waals surface area contributed by atoms with Gasteiger partial charge in [-0.05, 0) is 44.8 Å². The van der Waals surface area contributed by atoms with Crippen molar-refractivity contribution in [1.82, 2.24) is 30.3 Å². The summed E-state index contributed by atoms with van der Waals surface area (Å²) in [6, 6.07) is 10.7. The molecular formula is C21H30N6O. The van der Waals surface area contributed by atoms with Crippen LogP contribution in [0.3, 0.4) is 0 Å². The Labute approximate surface area is 166 Å². The third kappa shape index (κ3) is 4.59. The summed E-state index contributed by atoms with van der Waals surface area (Å²) in [5.74, 6) is 1.56. The van der Waals surface area contributed by atoms with Gasteiger partial charge in [-0.25, -0.2) is 4.98 Å². The Morgan fingerprint density at radius 2 is 2.00 bits per heavy atom. The molecule has 28 heavy (non-hydrogen) atoms. The number of carbonyl (C=O) groups excluding carboxylic acids is 1. The van der Waals surface area contributed by atoms with Crippen LogP contribution in [-0.2, 0) is 11.3 Å². The van der Waals surface area contributed by atoms with Crippen molar-refractivity contribution in [3.63, 3.8) is 0 Å². The standard InChI is InChI=1S/C21H30N6O/c1-16(27-11-7-18(8-12-27)20-22-15-23-25-20)21(28)24-19-9-10-26(14-19)13-17-5-3-2-4-6-17/h2-6,15-16,18-19H,7-14H2,1H3,(H,24,28)(H,22,23,25). The fourth-order valence-corrected chi connectivity index (χ4v) is 4.40. The zero-order valence-corrected chi connectivity index (χ0v) is 16.6. The van der Waals surface area contributed by atoms with E-state index in [0.717, 1.165) is 57.8 Å². The Morgan fingerprint density at radius 1 is 1.21 bits per heavy atom. The number of hydrogen-bond donors (Lipinski definition) is 2. The van der Waals surface area contributed by atoms with Gasteiger partial charge in [-0.3, -0.25) is 19.7 Å². The summed E-state index contributed by atoms with van der Waals surface area (Å²) >= 11 is 0. The van der Waals surface area contributed by atoms with Crippen LogP contribution in [0.5, 0.6) is 0 Å². The number of piperidine rings is 1. The molecule has 4 rings (SSSR count). The van der Waals surface area contributed by atoms with Gasteiger partial charge in [0, 0.05) is 31.6 Å². The van der Waals surface area contributed by atoms with Gasteiger partial charge in [-0.2, -0.15) is 5.10 Å². The van der Waals surface area contributed by atoms with E-state index in [1.165, 1.54) is 5.56 Å². The van der Waals surface area contributed by atoms with E-state index in [1.54, 1.807) is 6.33 Å². The molecule has 2 unspecified atom stereocenters. The van der Waals surface area contributed by atoms with Gasteiger partial charge in [0.2, 0.25) is 5.91 Å². The fraction of sp³-hybridized carbons (Fsp3) is 0.571. The first kappa shape index (κ1) is 19.1. The second kappa shape index (κ2) is 8.84. The Hall–Kier alpha value is -2.25. The van der Waals surface area contributed by atoms with E-state index in [2.05, 4.69) is 54.6 Å². The molecule has 150 valence electrons. The zero-order valence-electron chi connectivity index (χ0n) is 16.6. The lowest BCUT2D eigenvalue weighted by atomic mass is 9.95. The maximum absolute atomic E-state index is 12.8. The largest absolute Gasteiger partial charge is 0.351 e. The highest BCUT2D eigenvalue weighted by molar-refractivity contribution is 5.81. The molecule has 2 aromatic rings. The summed E-state index contributed by atoms with van der Waals surface area (Å²) < 4.78 is 0. The lowest BCUT2D eigenvalue weighted by molar-refractivity contribution is -0.127. The maximum atomic E-state index is 12.8. The van der Waals surface area contributed by atoms with E-state index < -0.39 is 0 Å². The molecule has 2 fully saturated rings. The van der Waals surface area contributed by atoms with Crippen LogP contribution in [0.1, 0.15) is 43.5 Å². The molecule has 2 aliphatic rings. The molecule has 1 aromatic heterocycles. The van der Waals surface area contributed by atoms with Gasteiger partial charge >= 0.3 is 0 Å². The first-order chi connectivity index (χ1) is 13.7. The molecule has 2 N–H and O–H groups in total. The second-order valence-corrected chi connectivity index (χ2v) is 8.07. The zero-order chi connectivity index (χ0) is 19.3. The Kier molecular flexibility index (Phi) is 6.02. The van der Waals surface area contributed by atoms with E-state index in [4.69, 9.17) is 0 Å². The van der Waals surface area contributed by atoms with Crippen molar-refractivity contribution in [2.45, 2.75) is 50.7 Å². The summed E-state index contributed by atoms with van der Waals surface area (Å²) in [5.41, 5.74) is 1.33. The Morgan fingerprint density at radius 3 is 2.71 bits per heavy atom. The average molecular weight is 383 g/mol. The molecule has 2 aliphatic heterocycles. The van der Waals surface area contributed by atoms with Crippen LogP contribution >= 0.6 is 0 Å². The molecule has 1 aromatic carbocycles. The number of likely N-dealkylation sites (tertiary alicyclic amines) is 2. The number of H-pyrrole nitrogens is 1. The molecule has 0 radical (unpaired) electrons. The Bertz CT molecular complexity index is 742. The van der Waals surface area contributed by atoms with Gasteiger partial charge in [0.15, 0.2) is 0 Å². The molecule has 0 aliphatic carbocycles. The smallest absolute Gasteiger partial charge is 0.237 e. The fourth-order valence-electron chi connectivity index (χ4n) is 4.40. The highest BCUT2D eigenvalue weighted by Crippen LogP contribution is 2.26. The number of nitrogens with one attached hydrogen (secondary N) is 2. The lowest BCUT2D eigenvalue weighted by Gasteiger charge is -2.35.